The summed E-state index contributed by atoms with van der Waals surface area (Å²) in [7, 11) is 0. The topological polar surface area (TPSA) is 25.2 Å². The van der Waals surface area contributed by atoms with Crippen LogP contribution in [0.1, 0.15) is 49.8 Å². The molecule has 1 aliphatic carbocycles. The van der Waals surface area contributed by atoms with Crippen LogP contribution in [0.4, 0.5) is 0 Å². The van der Waals surface area contributed by atoms with Gasteiger partial charge in [-0.25, -0.2) is 0 Å². The van der Waals surface area contributed by atoms with Gasteiger partial charge in [-0.1, -0.05) is 25.0 Å². The van der Waals surface area contributed by atoms with E-state index in [0.29, 0.717) is 12.0 Å². The number of benzene rings is 1. The van der Waals surface area contributed by atoms with E-state index in [2.05, 4.69) is 43.4 Å². The first-order chi connectivity index (χ1) is 9.26. The Kier molecular flexibility index (Phi) is 3.61. The highest BCUT2D eigenvalue weighted by Crippen LogP contribution is 2.35. The zero-order valence-electron chi connectivity index (χ0n) is 11.9. The van der Waals surface area contributed by atoms with Gasteiger partial charge in [-0.3, -0.25) is 0 Å². The molecule has 0 aliphatic heterocycles. The van der Waals surface area contributed by atoms with Crippen molar-refractivity contribution in [1.82, 2.24) is 5.32 Å². The van der Waals surface area contributed by atoms with Gasteiger partial charge in [0.2, 0.25) is 0 Å². The minimum absolute atomic E-state index is 0.588. The van der Waals surface area contributed by atoms with Crippen molar-refractivity contribution in [3.63, 3.8) is 0 Å². The molecular weight excluding hydrogens is 234 g/mol. The van der Waals surface area contributed by atoms with E-state index >= 15 is 0 Å². The molecule has 102 valence electrons. The predicted octanol–water partition coefficient (Wildman–Crippen LogP) is 4.38. The Morgan fingerprint density at radius 3 is 3.00 bits per heavy atom. The molecule has 2 aromatic rings. The van der Waals surface area contributed by atoms with Crippen molar-refractivity contribution in [3.8, 4) is 0 Å². The van der Waals surface area contributed by atoms with Crippen molar-refractivity contribution in [2.24, 2.45) is 0 Å². The van der Waals surface area contributed by atoms with Crippen LogP contribution < -0.4 is 5.32 Å². The largest absolute Gasteiger partial charge is 0.461 e. The first-order valence-corrected chi connectivity index (χ1v) is 7.49. The summed E-state index contributed by atoms with van der Waals surface area (Å²) in [6.45, 7) is 5.39. The molecule has 3 rings (SSSR count). The van der Waals surface area contributed by atoms with Crippen LogP contribution in [0.25, 0.3) is 11.0 Å². The molecule has 1 saturated carbocycles. The van der Waals surface area contributed by atoms with Gasteiger partial charge < -0.3 is 9.73 Å². The van der Waals surface area contributed by atoms with E-state index in [1.54, 1.807) is 0 Å². The molecule has 0 radical (unpaired) electrons. The molecule has 0 bridgehead atoms. The Morgan fingerprint density at radius 2 is 2.16 bits per heavy atom. The van der Waals surface area contributed by atoms with E-state index in [1.165, 1.54) is 42.4 Å². The van der Waals surface area contributed by atoms with Crippen LogP contribution in [0.5, 0.6) is 0 Å². The molecule has 2 nitrogen and oxygen atoms in total. The summed E-state index contributed by atoms with van der Waals surface area (Å²) in [5, 5.41) is 4.84. The third kappa shape index (κ3) is 2.69. The van der Waals surface area contributed by atoms with Gasteiger partial charge in [0, 0.05) is 17.3 Å². The van der Waals surface area contributed by atoms with Gasteiger partial charge in [-0.15, -0.1) is 0 Å². The summed E-state index contributed by atoms with van der Waals surface area (Å²) in [6, 6.07) is 9.35. The van der Waals surface area contributed by atoms with Gasteiger partial charge in [0.15, 0.2) is 0 Å². The SMILES string of the molecule is CCNC1CCCC(c2cc3cc(C)ccc3o2)C1. The van der Waals surface area contributed by atoms with E-state index in [1.807, 2.05) is 0 Å². The maximum Gasteiger partial charge on any atom is 0.134 e. The smallest absolute Gasteiger partial charge is 0.134 e. The number of hydrogen-bond donors (Lipinski definition) is 1. The van der Waals surface area contributed by atoms with Crippen molar-refractivity contribution < 1.29 is 4.42 Å². The summed E-state index contributed by atoms with van der Waals surface area (Å²) in [5.41, 5.74) is 2.33. The van der Waals surface area contributed by atoms with Crippen molar-refractivity contribution in [1.29, 1.82) is 0 Å². The molecule has 2 heteroatoms. The molecule has 1 heterocycles. The van der Waals surface area contributed by atoms with Gasteiger partial charge in [-0.05, 0) is 50.9 Å². The standard InChI is InChI=1S/C17H23NO/c1-3-18-15-6-4-5-13(10-15)17-11-14-9-12(2)7-8-16(14)19-17/h7-9,11,13,15,18H,3-6,10H2,1-2H3. The predicted molar refractivity (Wildman–Crippen MR) is 79.6 cm³/mol. The second kappa shape index (κ2) is 5.38. The lowest BCUT2D eigenvalue weighted by molar-refractivity contribution is 0.317. The number of rotatable bonds is 3. The lowest BCUT2D eigenvalue weighted by atomic mass is 9.84. The van der Waals surface area contributed by atoms with E-state index < -0.39 is 0 Å². The number of hydrogen-bond acceptors (Lipinski definition) is 2. The molecular formula is C17H23NO. The fourth-order valence-electron chi connectivity index (χ4n) is 3.31. The van der Waals surface area contributed by atoms with Gasteiger partial charge >= 0.3 is 0 Å². The summed E-state index contributed by atoms with van der Waals surface area (Å²) in [4.78, 5) is 0. The number of aryl methyl sites for hydroxylation is 1. The maximum absolute atomic E-state index is 6.06. The second-order valence-electron chi connectivity index (χ2n) is 5.81. The summed E-state index contributed by atoms with van der Waals surface area (Å²) < 4.78 is 6.06. The van der Waals surface area contributed by atoms with Gasteiger partial charge in [-0.2, -0.15) is 0 Å². The minimum atomic E-state index is 0.588. The normalized spacial score (nSPS) is 23.9. The van der Waals surface area contributed by atoms with Crippen molar-refractivity contribution >= 4 is 11.0 Å². The van der Waals surface area contributed by atoms with E-state index in [-0.39, 0.29) is 0 Å². The van der Waals surface area contributed by atoms with E-state index in [0.717, 1.165) is 12.1 Å². The maximum atomic E-state index is 6.06. The quantitative estimate of drug-likeness (QED) is 0.883. The Labute approximate surface area is 115 Å². The van der Waals surface area contributed by atoms with Gasteiger partial charge in [0.05, 0.1) is 0 Å². The zero-order valence-corrected chi connectivity index (χ0v) is 11.9. The highest BCUT2D eigenvalue weighted by atomic mass is 16.3. The molecule has 0 spiro atoms. The van der Waals surface area contributed by atoms with Crippen molar-refractivity contribution in [2.45, 2.75) is 51.5 Å². The molecule has 2 unspecified atom stereocenters. The minimum Gasteiger partial charge on any atom is -0.461 e. The summed E-state index contributed by atoms with van der Waals surface area (Å²) in [6.07, 6.45) is 5.09. The molecule has 1 aliphatic rings. The third-order valence-electron chi connectivity index (χ3n) is 4.26. The molecule has 1 aromatic heterocycles. The van der Waals surface area contributed by atoms with Crippen LogP contribution in [0.15, 0.2) is 28.7 Å². The van der Waals surface area contributed by atoms with Crippen LogP contribution in [-0.4, -0.2) is 12.6 Å². The lowest BCUT2D eigenvalue weighted by Crippen LogP contribution is -2.33. The first kappa shape index (κ1) is 12.7. The average molecular weight is 257 g/mol. The Balaban J connectivity index is 1.83. The van der Waals surface area contributed by atoms with Crippen molar-refractivity contribution in [2.75, 3.05) is 6.54 Å². The Hall–Kier alpha value is -1.28. The molecule has 1 N–H and O–H groups in total. The number of nitrogens with one attached hydrogen (secondary N) is 1. The van der Waals surface area contributed by atoms with Crippen LogP contribution in [0, 0.1) is 6.92 Å². The first-order valence-electron chi connectivity index (χ1n) is 7.49. The molecule has 1 fully saturated rings. The summed E-state index contributed by atoms with van der Waals surface area (Å²) in [5.74, 6) is 1.77. The zero-order chi connectivity index (χ0) is 13.2. The molecule has 0 saturated heterocycles. The number of fused-ring (bicyclic) bond motifs is 1. The Morgan fingerprint density at radius 1 is 1.26 bits per heavy atom. The van der Waals surface area contributed by atoms with Crippen LogP contribution in [0.2, 0.25) is 0 Å². The van der Waals surface area contributed by atoms with Crippen LogP contribution in [-0.2, 0) is 0 Å². The summed E-state index contributed by atoms with van der Waals surface area (Å²) >= 11 is 0. The lowest BCUT2D eigenvalue weighted by Gasteiger charge is -2.28. The average Bonchev–Trinajstić information content (AvgIpc) is 2.82. The monoisotopic (exact) mass is 257 g/mol. The van der Waals surface area contributed by atoms with Gasteiger partial charge in [0.25, 0.3) is 0 Å². The van der Waals surface area contributed by atoms with Crippen molar-refractivity contribution in [3.05, 3.63) is 35.6 Å². The van der Waals surface area contributed by atoms with E-state index in [9.17, 15) is 0 Å². The molecule has 19 heavy (non-hydrogen) atoms. The third-order valence-corrected chi connectivity index (χ3v) is 4.26. The van der Waals surface area contributed by atoms with E-state index in [4.69, 9.17) is 4.42 Å². The second-order valence-corrected chi connectivity index (χ2v) is 5.81. The molecule has 2 atom stereocenters. The van der Waals surface area contributed by atoms with Gasteiger partial charge in [0.1, 0.15) is 11.3 Å². The number of furan rings is 1. The van der Waals surface area contributed by atoms with Crippen LogP contribution >= 0.6 is 0 Å². The highest BCUT2D eigenvalue weighted by molar-refractivity contribution is 5.78. The fourth-order valence-corrected chi connectivity index (χ4v) is 3.31. The highest BCUT2D eigenvalue weighted by Gasteiger charge is 2.25. The Bertz CT molecular complexity index is 555. The molecule has 0 amide bonds. The molecule has 1 aromatic carbocycles. The van der Waals surface area contributed by atoms with Crippen LogP contribution in [0.3, 0.4) is 0 Å². The fraction of sp³-hybridized carbons (Fsp3) is 0.529.